The smallest absolute Gasteiger partial charge is 0.251 e. The molecule has 5 heteroatoms. The lowest BCUT2D eigenvalue weighted by Gasteiger charge is -2.19. The van der Waals surface area contributed by atoms with E-state index < -0.39 is 6.04 Å². The van der Waals surface area contributed by atoms with Gasteiger partial charge in [0.05, 0.1) is 18.2 Å². The van der Waals surface area contributed by atoms with Crippen LogP contribution in [0.5, 0.6) is 0 Å². The van der Waals surface area contributed by atoms with Crippen molar-refractivity contribution in [2.45, 2.75) is 12.5 Å². The Hall–Kier alpha value is -2.67. The average Bonchev–Trinajstić information content (AvgIpc) is 2.70. The van der Waals surface area contributed by atoms with E-state index >= 15 is 0 Å². The molecule has 0 radical (unpaired) electrons. The highest BCUT2D eigenvalue weighted by Crippen LogP contribution is 2.21. The lowest BCUT2D eigenvalue weighted by molar-refractivity contribution is -0.116. The minimum Gasteiger partial charge on any atom is -0.345 e. The lowest BCUT2D eigenvalue weighted by atomic mass is 10.0. The third-order valence-electron chi connectivity index (χ3n) is 4.08. The van der Waals surface area contributed by atoms with Crippen LogP contribution in [-0.4, -0.2) is 11.8 Å². The highest BCUT2D eigenvalue weighted by Gasteiger charge is 2.19. The molecule has 0 aliphatic rings. The molecule has 3 rings (SSSR count). The maximum Gasteiger partial charge on any atom is 0.251 e. The summed E-state index contributed by atoms with van der Waals surface area (Å²) in [6, 6.07) is 25.7. The van der Waals surface area contributed by atoms with Gasteiger partial charge in [-0.2, -0.15) is 0 Å². The maximum atomic E-state index is 12.6. The first-order valence-corrected chi connectivity index (χ1v) is 9.66. The van der Waals surface area contributed by atoms with Gasteiger partial charge >= 0.3 is 0 Å². The van der Waals surface area contributed by atoms with Crippen molar-refractivity contribution < 1.29 is 9.59 Å². The zero-order chi connectivity index (χ0) is 19.1. The summed E-state index contributed by atoms with van der Waals surface area (Å²) in [6.45, 7) is 0. The molecule has 2 N–H and O–H groups in total. The van der Waals surface area contributed by atoms with Crippen LogP contribution in [0.1, 0.15) is 28.4 Å². The molecule has 0 saturated heterocycles. The number of nitrogens with one attached hydrogen (secondary N) is 2. The summed E-state index contributed by atoms with van der Waals surface area (Å²) in [5, 5.41) is 5.90. The van der Waals surface area contributed by atoms with Crippen molar-refractivity contribution in [2.75, 3.05) is 5.32 Å². The van der Waals surface area contributed by atoms with E-state index in [1.54, 1.807) is 12.1 Å². The first-order chi connectivity index (χ1) is 13.1. The number of hydrogen-bond acceptors (Lipinski definition) is 2. The van der Waals surface area contributed by atoms with Gasteiger partial charge in [-0.3, -0.25) is 9.59 Å². The van der Waals surface area contributed by atoms with E-state index in [0.29, 0.717) is 5.56 Å². The molecule has 0 aliphatic carbocycles. The fourth-order valence-corrected chi connectivity index (χ4v) is 3.24. The van der Waals surface area contributed by atoms with Gasteiger partial charge in [0, 0.05) is 9.13 Å². The molecule has 1 unspecified atom stereocenters. The molecule has 3 aromatic carbocycles. The van der Waals surface area contributed by atoms with Gasteiger partial charge in [-0.05, 0) is 52.4 Å². The van der Waals surface area contributed by atoms with Crippen molar-refractivity contribution in [1.29, 1.82) is 0 Å². The van der Waals surface area contributed by atoms with Gasteiger partial charge in [-0.15, -0.1) is 0 Å². The van der Waals surface area contributed by atoms with Crippen molar-refractivity contribution in [3.63, 3.8) is 0 Å². The predicted molar refractivity (Wildman–Crippen MR) is 115 cm³/mol. The van der Waals surface area contributed by atoms with Crippen molar-refractivity contribution in [3.8, 4) is 0 Å². The zero-order valence-corrected chi connectivity index (χ0v) is 16.7. The van der Waals surface area contributed by atoms with Gasteiger partial charge in [-0.1, -0.05) is 60.7 Å². The maximum absolute atomic E-state index is 12.6. The van der Waals surface area contributed by atoms with Crippen LogP contribution < -0.4 is 10.6 Å². The highest BCUT2D eigenvalue weighted by molar-refractivity contribution is 14.1. The fourth-order valence-electron chi connectivity index (χ4n) is 2.72. The monoisotopic (exact) mass is 470 g/mol. The number of carbonyl (C=O) groups is 2. The number of anilines is 1. The van der Waals surface area contributed by atoms with E-state index in [1.807, 2.05) is 72.8 Å². The van der Waals surface area contributed by atoms with Crippen LogP contribution in [0.4, 0.5) is 5.69 Å². The zero-order valence-electron chi connectivity index (χ0n) is 14.6. The Morgan fingerprint density at radius 3 is 2.07 bits per heavy atom. The summed E-state index contributed by atoms with van der Waals surface area (Å²) < 4.78 is 0.966. The largest absolute Gasteiger partial charge is 0.345 e. The van der Waals surface area contributed by atoms with Gasteiger partial charge in [0.1, 0.15) is 0 Å². The first kappa shape index (κ1) is 19.1. The number of rotatable bonds is 6. The number of carbonyl (C=O) groups excluding carboxylic acids is 2. The highest BCUT2D eigenvalue weighted by atomic mass is 127. The van der Waals surface area contributed by atoms with Crippen LogP contribution in [0.15, 0.2) is 84.9 Å². The van der Waals surface area contributed by atoms with E-state index in [-0.39, 0.29) is 18.2 Å². The second-order valence-corrected chi connectivity index (χ2v) is 7.20. The standard InChI is InChI=1S/C22H19IN2O2/c23-18-13-7-8-14-19(18)24-21(26)15-20(16-9-3-1-4-10-16)25-22(27)17-11-5-2-6-12-17/h1-14,20H,15H2,(H,24,26)(H,25,27). The van der Waals surface area contributed by atoms with Crippen molar-refractivity contribution in [2.24, 2.45) is 0 Å². The molecular formula is C22H19IN2O2. The first-order valence-electron chi connectivity index (χ1n) is 8.59. The summed E-state index contributed by atoms with van der Waals surface area (Å²) in [7, 11) is 0. The summed E-state index contributed by atoms with van der Waals surface area (Å²) in [5.41, 5.74) is 2.22. The molecule has 136 valence electrons. The van der Waals surface area contributed by atoms with Gasteiger partial charge < -0.3 is 10.6 Å². The molecule has 0 spiro atoms. The molecule has 3 aromatic rings. The average molecular weight is 470 g/mol. The van der Waals surface area contributed by atoms with Crippen molar-refractivity contribution in [1.82, 2.24) is 5.32 Å². The van der Waals surface area contributed by atoms with Crippen LogP contribution in [0, 0.1) is 3.57 Å². The summed E-state index contributed by atoms with van der Waals surface area (Å²) in [6.07, 6.45) is 0.146. The normalized spacial score (nSPS) is 11.4. The Kier molecular flexibility index (Phi) is 6.59. The van der Waals surface area contributed by atoms with E-state index in [9.17, 15) is 9.59 Å². The Bertz CT molecular complexity index is 914. The van der Waals surface area contributed by atoms with E-state index in [2.05, 4.69) is 33.2 Å². The molecule has 0 bridgehead atoms. The molecule has 0 aliphatic heterocycles. The van der Waals surface area contributed by atoms with Crippen LogP contribution in [0.2, 0.25) is 0 Å². The van der Waals surface area contributed by atoms with Crippen LogP contribution in [0.3, 0.4) is 0 Å². The molecule has 27 heavy (non-hydrogen) atoms. The number of benzene rings is 3. The van der Waals surface area contributed by atoms with E-state index in [0.717, 1.165) is 14.8 Å². The Balaban J connectivity index is 1.75. The number of para-hydroxylation sites is 1. The second kappa shape index (κ2) is 9.32. The van der Waals surface area contributed by atoms with Crippen molar-refractivity contribution >= 4 is 40.1 Å². The molecule has 0 fully saturated rings. The number of halogens is 1. The molecule has 2 amide bonds. The fraction of sp³-hybridized carbons (Fsp3) is 0.0909. The lowest BCUT2D eigenvalue weighted by Crippen LogP contribution is -2.31. The summed E-state index contributed by atoms with van der Waals surface area (Å²) in [4.78, 5) is 25.2. The van der Waals surface area contributed by atoms with E-state index in [1.165, 1.54) is 0 Å². The molecule has 4 nitrogen and oxygen atoms in total. The Morgan fingerprint density at radius 2 is 1.41 bits per heavy atom. The van der Waals surface area contributed by atoms with Crippen LogP contribution in [0.25, 0.3) is 0 Å². The van der Waals surface area contributed by atoms with Crippen molar-refractivity contribution in [3.05, 3.63) is 99.6 Å². The summed E-state index contributed by atoms with van der Waals surface area (Å²) >= 11 is 2.18. The van der Waals surface area contributed by atoms with Gasteiger partial charge in [0.25, 0.3) is 5.91 Å². The molecular weight excluding hydrogens is 451 g/mol. The summed E-state index contributed by atoms with van der Waals surface area (Å²) in [5.74, 6) is -0.354. The van der Waals surface area contributed by atoms with Gasteiger partial charge in [-0.25, -0.2) is 0 Å². The van der Waals surface area contributed by atoms with Gasteiger partial charge in [0.15, 0.2) is 0 Å². The van der Waals surface area contributed by atoms with Crippen LogP contribution >= 0.6 is 22.6 Å². The quantitative estimate of drug-likeness (QED) is 0.509. The molecule has 1 atom stereocenters. The second-order valence-electron chi connectivity index (χ2n) is 6.03. The topological polar surface area (TPSA) is 58.2 Å². The predicted octanol–water partition coefficient (Wildman–Crippen LogP) is 4.79. The molecule has 0 aromatic heterocycles. The molecule has 0 heterocycles. The van der Waals surface area contributed by atoms with E-state index in [4.69, 9.17) is 0 Å². The van der Waals surface area contributed by atoms with Crippen LogP contribution in [-0.2, 0) is 4.79 Å². The third-order valence-corrected chi connectivity index (χ3v) is 5.02. The van der Waals surface area contributed by atoms with Gasteiger partial charge in [0.2, 0.25) is 5.91 Å². The SMILES string of the molecule is O=C(CC(NC(=O)c1ccccc1)c1ccccc1)Nc1ccccc1I. The molecule has 0 saturated carbocycles. The Morgan fingerprint density at radius 1 is 0.815 bits per heavy atom. The minimum atomic E-state index is -0.416. The minimum absolute atomic E-state index is 0.146. The third kappa shape index (κ3) is 5.40. The Labute approximate surface area is 172 Å². The number of hydrogen-bond donors (Lipinski definition) is 2. The number of amides is 2.